The molecular formula is C16H30N2O4. The van der Waals surface area contributed by atoms with Gasteiger partial charge in [0.2, 0.25) is 0 Å². The Bertz CT molecular complexity index is 366. The van der Waals surface area contributed by atoms with Crippen LogP contribution in [-0.2, 0) is 9.47 Å². The molecule has 1 fully saturated rings. The third-order valence-corrected chi connectivity index (χ3v) is 3.45. The second-order valence-corrected chi connectivity index (χ2v) is 6.84. The first-order valence-electron chi connectivity index (χ1n) is 8.23. The highest BCUT2D eigenvalue weighted by atomic mass is 16.6. The van der Waals surface area contributed by atoms with Crippen molar-refractivity contribution >= 4 is 12.2 Å². The Morgan fingerprint density at radius 1 is 1.09 bits per heavy atom. The molecule has 0 saturated heterocycles. The van der Waals surface area contributed by atoms with Crippen molar-refractivity contribution in [1.29, 1.82) is 0 Å². The molecule has 6 nitrogen and oxygen atoms in total. The maximum Gasteiger partial charge on any atom is 0.407 e. The number of hydrogen-bond acceptors (Lipinski definition) is 4. The van der Waals surface area contributed by atoms with Crippen LogP contribution in [0.4, 0.5) is 9.59 Å². The van der Waals surface area contributed by atoms with Gasteiger partial charge in [-0.3, -0.25) is 0 Å². The lowest BCUT2D eigenvalue weighted by Gasteiger charge is -2.30. The van der Waals surface area contributed by atoms with Crippen LogP contribution < -0.4 is 10.6 Å². The molecular weight excluding hydrogens is 284 g/mol. The molecule has 0 aromatic carbocycles. The van der Waals surface area contributed by atoms with Crippen molar-refractivity contribution in [2.45, 2.75) is 83.9 Å². The predicted molar refractivity (Wildman–Crippen MR) is 84.8 cm³/mol. The van der Waals surface area contributed by atoms with E-state index in [1.165, 1.54) is 0 Å². The van der Waals surface area contributed by atoms with Crippen molar-refractivity contribution in [3.05, 3.63) is 0 Å². The number of rotatable bonds is 5. The van der Waals surface area contributed by atoms with Crippen LogP contribution in [0, 0.1) is 0 Å². The zero-order valence-electron chi connectivity index (χ0n) is 14.2. The van der Waals surface area contributed by atoms with Crippen molar-refractivity contribution in [2.75, 3.05) is 6.61 Å². The second-order valence-electron chi connectivity index (χ2n) is 6.84. The van der Waals surface area contributed by atoms with Gasteiger partial charge < -0.3 is 20.1 Å². The van der Waals surface area contributed by atoms with Crippen molar-refractivity contribution in [1.82, 2.24) is 10.6 Å². The van der Waals surface area contributed by atoms with Crippen LogP contribution >= 0.6 is 0 Å². The monoisotopic (exact) mass is 314 g/mol. The summed E-state index contributed by atoms with van der Waals surface area (Å²) in [5.41, 5.74) is -0.501. The van der Waals surface area contributed by atoms with Gasteiger partial charge in [0.05, 0.1) is 6.61 Å². The summed E-state index contributed by atoms with van der Waals surface area (Å²) in [7, 11) is 0. The Hall–Kier alpha value is -1.46. The van der Waals surface area contributed by atoms with Crippen molar-refractivity contribution < 1.29 is 19.1 Å². The predicted octanol–water partition coefficient (Wildman–Crippen LogP) is 3.35. The molecule has 0 aliphatic heterocycles. The van der Waals surface area contributed by atoms with Crippen molar-refractivity contribution in [3.8, 4) is 0 Å². The fourth-order valence-electron chi connectivity index (χ4n) is 2.44. The van der Waals surface area contributed by atoms with Gasteiger partial charge in [-0.05, 0) is 52.9 Å². The van der Waals surface area contributed by atoms with Gasteiger partial charge in [0, 0.05) is 12.1 Å². The Balaban J connectivity index is 2.32. The quantitative estimate of drug-likeness (QED) is 0.763. The number of unbranched alkanes of at least 4 members (excludes halogenated alkanes) is 1. The van der Waals surface area contributed by atoms with Gasteiger partial charge in [-0.1, -0.05) is 13.3 Å². The van der Waals surface area contributed by atoms with Crippen LogP contribution in [0.15, 0.2) is 0 Å². The lowest BCUT2D eigenvalue weighted by atomic mass is 9.91. The molecule has 1 aliphatic carbocycles. The molecule has 1 saturated carbocycles. The highest BCUT2D eigenvalue weighted by molar-refractivity contribution is 5.68. The topological polar surface area (TPSA) is 76.7 Å². The van der Waals surface area contributed by atoms with Crippen LogP contribution in [0.1, 0.15) is 66.2 Å². The summed E-state index contributed by atoms with van der Waals surface area (Å²) in [6.45, 7) is 8.02. The minimum absolute atomic E-state index is 0.0320. The van der Waals surface area contributed by atoms with Gasteiger partial charge in [0.15, 0.2) is 0 Å². The van der Waals surface area contributed by atoms with E-state index in [2.05, 4.69) is 17.6 Å². The Morgan fingerprint density at radius 2 is 1.68 bits per heavy atom. The highest BCUT2D eigenvalue weighted by Crippen LogP contribution is 2.19. The summed E-state index contributed by atoms with van der Waals surface area (Å²) >= 11 is 0. The summed E-state index contributed by atoms with van der Waals surface area (Å²) in [6.07, 6.45) is 4.60. The van der Waals surface area contributed by atoms with Gasteiger partial charge in [-0.25, -0.2) is 9.59 Å². The Morgan fingerprint density at radius 3 is 2.23 bits per heavy atom. The van der Waals surface area contributed by atoms with Crippen LogP contribution in [0.25, 0.3) is 0 Å². The van der Waals surface area contributed by atoms with E-state index in [9.17, 15) is 9.59 Å². The average molecular weight is 314 g/mol. The van der Waals surface area contributed by atoms with Crippen LogP contribution in [0.5, 0.6) is 0 Å². The maximum atomic E-state index is 11.8. The summed E-state index contributed by atoms with van der Waals surface area (Å²) in [6, 6.07) is 0.0763. The number of amides is 2. The molecule has 6 heteroatoms. The molecule has 0 radical (unpaired) electrons. The van der Waals surface area contributed by atoms with E-state index in [1.54, 1.807) is 0 Å². The SMILES string of the molecule is CCCCOC(=O)N[C@H]1CCC[C@@H](NC(=O)OC(C)(C)C)C1. The van der Waals surface area contributed by atoms with E-state index in [0.717, 1.165) is 32.1 Å². The first-order valence-corrected chi connectivity index (χ1v) is 8.23. The molecule has 2 atom stereocenters. The zero-order chi connectivity index (χ0) is 16.6. The first-order chi connectivity index (χ1) is 10.3. The number of carbonyl (C=O) groups is 2. The van der Waals surface area contributed by atoms with Gasteiger partial charge in [-0.15, -0.1) is 0 Å². The van der Waals surface area contributed by atoms with Gasteiger partial charge in [0.1, 0.15) is 5.60 Å². The number of nitrogens with one attached hydrogen (secondary N) is 2. The molecule has 1 rings (SSSR count). The molecule has 0 aromatic heterocycles. The summed E-state index contributed by atoms with van der Waals surface area (Å²) in [4.78, 5) is 23.4. The van der Waals surface area contributed by atoms with Crippen molar-refractivity contribution in [2.24, 2.45) is 0 Å². The molecule has 0 heterocycles. The van der Waals surface area contributed by atoms with Crippen LogP contribution in [0.3, 0.4) is 0 Å². The first kappa shape index (κ1) is 18.6. The summed E-state index contributed by atoms with van der Waals surface area (Å²) in [5.74, 6) is 0. The number of ether oxygens (including phenoxy) is 2. The molecule has 2 amide bonds. The number of hydrogen-bond donors (Lipinski definition) is 2. The fraction of sp³-hybridized carbons (Fsp3) is 0.875. The number of carbonyl (C=O) groups excluding carboxylic acids is 2. The van der Waals surface area contributed by atoms with Crippen molar-refractivity contribution in [3.63, 3.8) is 0 Å². The molecule has 1 aliphatic rings. The fourth-order valence-corrected chi connectivity index (χ4v) is 2.44. The Kier molecular flexibility index (Phi) is 7.48. The minimum Gasteiger partial charge on any atom is -0.450 e. The second kappa shape index (κ2) is 8.86. The van der Waals surface area contributed by atoms with E-state index in [4.69, 9.17) is 9.47 Å². The van der Waals surface area contributed by atoms with Crippen LogP contribution in [0.2, 0.25) is 0 Å². The summed E-state index contributed by atoms with van der Waals surface area (Å²) < 4.78 is 10.4. The van der Waals surface area contributed by atoms with Gasteiger partial charge in [0.25, 0.3) is 0 Å². The third-order valence-electron chi connectivity index (χ3n) is 3.45. The lowest BCUT2D eigenvalue weighted by molar-refractivity contribution is 0.0489. The average Bonchev–Trinajstić information content (AvgIpc) is 2.36. The zero-order valence-corrected chi connectivity index (χ0v) is 14.2. The van der Waals surface area contributed by atoms with Gasteiger partial charge in [-0.2, -0.15) is 0 Å². The maximum absolute atomic E-state index is 11.8. The van der Waals surface area contributed by atoms with E-state index in [0.29, 0.717) is 13.0 Å². The standard InChI is InChI=1S/C16H30N2O4/c1-5-6-10-21-14(19)17-12-8-7-9-13(11-12)18-15(20)22-16(2,3)4/h12-13H,5-11H2,1-4H3,(H,17,19)(H,18,20)/t12-,13+/m0/s1. The third kappa shape index (κ3) is 8.10. The minimum atomic E-state index is -0.501. The van der Waals surface area contributed by atoms with E-state index in [1.807, 2.05) is 20.8 Å². The lowest BCUT2D eigenvalue weighted by Crippen LogP contribution is -2.47. The normalized spacial score (nSPS) is 21.8. The molecule has 0 bridgehead atoms. The molecule has 22 heavy (non-hydrogen) atoms. The largest absolute Gasteiger partial charge is 0.450 e. The molecule has 0 spiro atoms. The Labute approximate surface area is 133 Å². The summed E-state index contributed by atoms with van der Waals surface area (Å²) in [5, 5.41) is 5.75. The smallest absolute Gasteiger partial charge is 0.407 e. The van der Waals surface area contributed by atoms with E-state index < -0.39 is 11.7 Å². The highest BCUT2D eigenvalue weighted by Gasteiger charge is 2.26. The molecule has 128 valence electrons. The molecule has 2 N–H and O–H groups in total. The van der Waals surface area contributed by atoms with E-state index in [-0.39, 0.29) is 18.2 Å². The van der Waals surface area contributed by atoms with Gasteiger partial charge >= 0.3 is 12.2 Å². The molecule has 0 unspecified atom stereocenters. The molecule has 0 aromatic rings. The van der Waals surface area contributed by atoms with Crippen LogP contribution in [-0.4, -0.2) is 36.5 Å². The number of alkyl carbamates (subject to hydrolysis) is 2. The van der Waals surface area contributed by atoms with E-state index >= 15 is 0 Å².